The second kappa shape index (κ2) is 9.16. The summed E-state index contributed by atoms with van der Waals surface area (Å²) in [7, 11) is 1.61. The molecule has 1 aromatic heterocycles. The van der Waals surface area contributed by atoms with E-state index in [1.54, 1.807) is 18.1 Å². The van der Waals surface area contributed by atoms with Gasteiger partial charge in [-0.3, -0.25) is 19.3 Å². The van der Waals surface area contributed by atoms with Crippen LogP contribution in [0.2, 0.25) is 0 Å². The normalized spacial score (nSPS) is 18.8. The second-order valence-corrected chi connectivity index (χ2v) is 9.98. The lowest BCUT2D eigenvalue weighted by Crippen LogP contribution is -2.29. The Morgan fingerprint density at radius 2 is 1.68 bits per heavy atom. The number of anilines is 2. The minimum atomic E-state index is -0.424. The van der Waals surface area contributed by atoms with E-state index in [2.05, 4.69) is 4.98 Å². The van der Waals surface area contributed by atoms with Gasteiger partial charge in [0.05, 0.1) is 36.9 Å². The van der Waals surface area contributed by atoms with Crippen molar-refractivity contribution in [2.75, 3.05) is 17.7 Å². The SMILES string of the molecule is COc1ccc(N2C(=O)c3cc(CN4C(=O)c5cnc(N)cc5C4=O)ccc3C2C)cc1OC1CCCC1. The minimum absolute atomic E-state index is 0.0447. The van der Waals surface area contributed by atoms with Crippen molar-refractivity contribution in [1.29, 1.82) is 0 Å². The molecule has 2 aliphatic heterocycles. The van der Waals surface area contributed by atoms with Gasteiger partial charge in [0.25, 0.3) is 17.7 Å². The number of imide groups is 1. The molecule has 0 radical (unpaired) electrons. The van der Waals surface area contributed by atoms with Gasteiger partial charge >= 0.3 is 0 Å². The monoisotopic (exact) mass is 512 g/mol. The van der Waals surface area contributed by atoms with Crippen LogP contribution in [-0.2, 0) is 6.54 Å². The highest BCUT2D eigenvalue weighted by atomic mass is 16.5. The number of methoxy groups -OCH3 is 1. The van der Waals surface area contributed by atoms with Crippen LogP contribution in [0.15, 0.2) is 48.7 Å². The van der Waals surface area contributed by atoms with E-state index >= 15 is 0 Å². The third-order valence-corrected chi connectivity index (χ3v) is 7.64. The highest BCUT2D eigenvalue weighted by Gasteiger charge is 2.38. The zero-order chi connectivity index (χ0) is 26.6. The molecule has 1 unspecified atom stereocenters. The summed E-state index contributed by atoms with van der Waals surface area (Å²) in [6.45, 7) is 2.02. The Kier molecular flexibility index (Phi) is 5.78. The lowest BCUT2D eigenvalue weighted by Gasteiger charge is -2.24. The van der Waals surface area contributed by atoms with E-state index in [0.717, 1.165) is 41.8 Å². The van der Waals surface area contributed by atoms with E-state index in [9.17, 15) is 14.4 Å². The molecule has 9 nitrogen and oxygen atoms in total. The van der Waals surface area contributed by atoms with Gasteiger partial charge in [-0.05, 0) is 68.0 Å². The maximum atomic E-state index is 13.6. The minimum Gasteiger partial charge on any atom is -0.493 e. The number of aromatic nitrogens is 1. The maximum Gasteiger partial charge on any atom is 0.263 e. The van der Waals surface area contributed by atoms with Gasteiger partial charge in [0.15, 0.2) is 11.5 Å². The summed E-state index contributed by atoms with van der Waals surface area (Å²) < 4.78 is 11.8. The van der Waals surface area contributed by atoms with Gasteiger partial charge in [0.2, 0.25) is 0 Å². The fourth-order valence-corrected chi connectivity index (χ4v) is 5.66. The molecule has 2 N–H and O–H groups in total. The number of carbonyl (C=O) groups is 3. The molecule has 6 rings (SSSR count). The number of hydrogen-bond acceptors (Lipinski definition) is 7. The molecule has 3 aromatic rings. The molecular weight excluding hydrogens is 484 g/mol. The van der Waals surface area contributed by atoms with Gasteiger partial charge in [0, 0.05) is 23.5 Å². The van der Waals surface area contributed by atoms with Gasteiger partial charge in [-0.15, -0.1) is 0 Å². The quantitative estimate of drug-likeness (QED) is 0.483. The summed E-state index contributed by atoms with van der Waals surface area (Å²) in [6, 6.07) is 12.3. The Morgan fingerprint density at radius 3 is 2.45 bits per heavy atom. The summed E-state index contributed by atoms with van der Waals surface area (Å²) >= 11 is 0. The Morgan fingerprint density at radius 1 is 0.921 bits per heavy atom. The predicted molar refractivity (Wildman–Crippen MR) is 140 cm³/mol. The Bertz CT molecular complexity index is 1480. The van der Waals surface area contributed by atoms with Crippen molar-refractivity contribution in [2.45, 2.75) is 51.3 Å². The zero-order valence-electron chi connectivity index (χ0n) is 21.3. The third kappa shape index (κ3) is 3.86. The molecule has 194 valence electrons. The summed E-state index contributed by atoms with van der Waals surface area (Å²) in [5, 5.41) is 0. The van der Waals surface area contributed by atoms with Crippen LogP contribution in [0.3, 0.4) is 0 Å². The van der Waals surface area contributed by atoms with Crippen molar-refractivity contribution >= 4 is 29.2 Å². The van der Waals surface area contributed by atoms with Crippen LogP contribution in [0, 0.1) is 0 Å². The number of ether oxygens (including phenoxy) is 2. The molecule has 2 aromatic carbocycles. The van der Waals surface area contributed by atoms with Crippen LogP contribution in [-0.4, -0.2) is 40.8 Å². The van der Waals surface area contributed by atoms with E-state index in [4.69, 9.17) is 15.2 Å². The standard InChI is InChI=1S/C29H28N4O5/c1-16-20-9-7-17(15-32-27(34)22-13-26(30)31-14-23(22)28(32)35)11-21(20)29(36)33(16)18-8-10-24(37-2)25(12-18)38-19-5-3-4-6-19/h7-14,16,19H,3-6,15H2,1-2H3,(H2,30,31). The first kappa shape index (κ1) is 24.0. The van der Waals surface area contributed by atoms with Crippen molar-refractivity contribution in [2.24, 2.45) is 0 Å². The molecule has 0 spiro atoms. The molecule has 3 amide bonds. The zero-order valence-corrected chi connectivity index (χ0v) is 21.3. The van der Waals surface area contributed by atoms with E-state index in [-0.39, 0.29) is 41.5 Å². The molecule has 1 aliphatic carbocycles. The van der Waals surface area contributed by atoms with E-state index < -0.39 is 11.8 Å². The Balaban J connectivity index is 1.26. The van der Waals surface area contributed by atoms with Crippen LogP contribution >= 0.6 is 0 Å². The average molecular weight is 513 g/mol. The van der Waals surface area contributed by atoms with E-state index in [0.29, 0.717) is 22.6 Å². The summed E-state index contributed by atoms with van der Waals surface area (Å²) in [5.41, 5.74) is 9.01. The first-order chi connectivity index (χ1) is 18.4. The summed E-state index contributed by atoms with van der Waals surface area (Å²) in [4.78, 5) is 46.2. The van der Waals surface area contributed by atoms with Crippen LogP contribution in [0.25, 0.3) is 0 Å². The number of carbonyl (C=O) groups excluding carboxylic acids is 3. The number of amides is 3. The number of pyridine rings is 1. The van der Waals surface area contributed by atoms with Crippen molar-refractivity contribution < 1.29 is 23.9 Å². The fourth-order valence-electron chi connectivity index (χ4n) is 5.66. The van der Waals surface area contributed by atoms with E-state index in [1.165, 1.54) is 12.3 Å². The van der Waals surface area contributed by atoms with Gasteiger partial charge in [-0.2, -0.15) is 0 Å². The molecule has 1 saturated carbocycles. The highest BCUT2D eigenvalue weighted by molar-refractivity contribution is 6.21. The van der Waals surface area contributed by atoms with Gasteiger partial charge in [-0.25, -0.2) is 4.98 Å². The lowest BCUT2D eigenvalue weighted by atomic mass is 10.0. The Hall–Kier alpha value is -4.40. The second-order valence-electron chi connectivity index (χ2n) is 9.98. The molecule has 38 heavy (non-hydrogen) atoms. The van der Waals surface area contributed by atoms with Crippen LogP contribution < -0.4 is 20.1 Å². The van der Waals surface area contributed by atoms with Crippen molar-refractivity contribution in [3.63, 3.8) is 0 Å². The first-order valence-corrected chi connectivity index (χ1v) is 12.8. The topological polar surface area (TPSA) is 115 Å². The van der Waals surface area contributed by atoms with Crippen molar-refractivity contribution in [3.8, 4) is 11.5 Å². The highest BCUT2D eigenvalue weighted by Crippen LogP contribution is 2.42. The van der Waals surface area contributed by atoms with Gasteiger partial charge in [0.1, 0.15) is 5.82 Å². The molecular formula is C29H28N4O5. The van der Waals surface area contributed by atoms with Crippen LogP contribution in [0.1, 0.15) is 80.8 Å². The molecule has 3 aliphatic rings. The number of nitrogen functional groups attached to an aromatic ring is 1. The molecule has 1 fully saturated rings. The molecule has 0 bridgehead atoms. The Labute approximate surface area is 220 Å². The summed E-state index contributed by atoms with van der Waals surface area (Å²) in [6.07, 6.45) is 5.81. The smallest absolute Gasteiger partial charge is 0.263 e. The molecule has 0 saturated heterocycles. The van der Waals surface area contributed by atoms with Crippen molar-refractivity contribution in [3.05, 3.63) is 76.5 Å². The number of nitrogens with two attached hydrogens (primary N) is 1. The van der Waals surface area contributed by atoms with Crippen LogP contribution in [0.4, 0.5) is 11.5 Å². The van der Waals surface area contributed by atoms with Crippen LogP contribution in [0.5, 0.6) is 11.5 Å². The predicted octanol–water partition coefficient (Wildman–Crippen LogP) is 4.51. The third-order valence-electron chi connectivity index (χ3n) is 7.64. The first-order valence-electron chi connectivity index (χ1n) is 12.8. The van der Waals surface area contributed by atoms with Gasteiger partial charge in [-0.1, -0.05) is 12.1 Å². The van der Waals surface area contributed by atoms with E-state index in [1.807, 2.05) is 37.3 Å². The van der Waals surface area contributed by atoms with Gasteiger partial charge < -0.3 is 20.1 Å². The number of nitrogens with zero attached hydrogens (tertiary/aromatic N) is 3. The largest absolute Gasteiger partial charge is 0.493 e. The fraction of sp³-hybridized carbons (Fsp3) is 0.310. The number of hydrogen-bond donors (Lipinski definition) is 1. The molecule has 1 atom stereocenters. The molecule has 9 heteroatoms. The maximum absolute atomic E-state index is 13.6. The average Bonchev–Trinajstić information content (AvgIpc) is 3.57. The number of fused-ring (bicyclic) bond motifs is 2. The summed E-state index contributed by atoms with van der Waals surface area (Å²) in [5.74, 6) is 0.457. The molecule has 3 heterocycles. The number of rotatable bonds is 6. The van der Waals surface area contributed by atoms with Crippen molar-refractivity contribution in [1.82, 2.24) is 9.88 Å². The number of benzene rings is 2. The lowest BCUT2D eigenvalue weighted by molar-refractivity contribution is 0.0642.